The molecular formula is C13H16ClNOS. The maximum atomic E-state index is 11.9. The summed E-state index contributed by atoms with van der Waals surface area (Å²) in [5.41, 5.74) is 1.98. The predicted molar refractivity (Wildman–Crippen MR) is 75.0 cm³/mol. The first kappa shape index (κ1) is 12.8. The van der Waals surface area contributed by atoms with Gasteiger partial charge < -0.3 is 5.32 Å². The summed E-state index contributed by atoms with van der Waals surface area (Å²) in [5.74, 6) is 0.844. The molecule has 4 heteroatoms. The van der Waals surface area contributed by atoms with E-state index in [0.717, 1.165) is 29.8 Å². The molecule has 1 aliphatic carbocycles. The van der Waals surface area contributed by atoms with Crippen LogP contribution in [0.1, 0.15) is 24.8 Å². The molecule has 1 aromatic rings. The molecule has 2 nitrogen and oxygen atoms in total. The van der Waals surface area contributed by atoms with E-state index in [4.69, 9.17) is 11.6 Å². The number of carbonyl (C=O) groups excluding carboxylic acids is 1. The maximum Gasteiger partial charge on any atom is 0.224 e. The number of halogens is 1. The highest BCUT2D eigenvalue weighted by Gasteiger charge is 2.42. The molecule has 17 heavy (non-hydrogen) atoms. The summed E-state index contributed by atoms with van der Waals surface area (Å²) >= 11 is 10.2. The lowest BCUT2D eigenvalue weighted by Crippen LogP contribution is -2.18. The average Bonchev–Trinajstić information content (AvgIpc) is 3.04. The zero-order valence-electron chi connectivity index (χ0n) is 9.79. The number of amides is 1. The van der Waals surface area contributed by atoms with Gasteiger partial charge >= 0.3 is 0 Å². The highest BCUT2D eigenvalue weighted by atomic mass is 35.5. The van der Waals surface area contributed by atoms with Crippen molar-refractivity contribution in [2.75, 3.05) is 11.1 Å². The number of carbonyl (C=O) groups is 1. The van der Waals surface area contributed by atoms with E-state index in [9.17, 15) is 4.79 Å². The van der Waals surface area contributed by atoms with Crippen molar-refractivity contribution >= 4 is 35.8 Å². The predicted octanol–water partition coefficient (Wildman–Crippen LogP) is 3.69. The molecule has 1 fully saturated rings. The van der Waals surface area contributed by atoms with Crippen LogP contribution in [0, 0.1) is 12.3 Å². The van der Waals surface area contributed by atoms with Gasteiger partial charge in [0, 0.05) is 17.1 Å². The largest absolute Gasteiger partial charge is 0.326 e. The Kier molecular flexibility index (Phi) is 3.69. The Morgan fingerprint density at radius 3 is 2.82 bits per heavy atom. The third-order valence-corrected chi connectivity index (χ3v) is 4.21. The molecule has 0 bridgehead atoms. The lowest BCUT2D eigenvalue weighted by Gasteiger charge is -2.13. The first-order valence-electron chi connectivity index (χ1n) is 5.72. The van der Waals surface area contributed by atoms with E-state index in [1.807, 2.05) is 19.1 Å². The number of benzene rings is 1. The Morgan fingerprint density at radius 1 is 1.53 bits per heavy atom. The molecule has 1 saturated carbocycles. The second-order valence-corrected chi connectivity index (χ2v) is 5.59. The fourth-order valence-corrected chi connectivity index (χ4v) is 2.43. The molecule has 0 aliphatic heterocycles. The second-order valence-electron chi connectivity index (χ2n) is 4.84. The van der Waals surface area contributed by atoms with Crippen molar-refractivity contribution in [3.8, 4) is 0 Å². The molecule has 1 amide bonds. The van der Waals surface area contributed by atoms with Crippen LogP contribution in [0.5, 0.6) is 0 Å². The minimum Gasteiger partial charge on any atom is -0.326 e. The van der Waals surface area contributed by atoms with Gasteiger partial charge in [-0.3, -0.25) is 4.79 Å². The van der Waals surface area contributed by atoms with Crippen LogP contribution >= 0.6 is 24.2 Å². The second kappa shape index (κ2) is 4.91. The number of aryl methyl sites for hydroxylation is 1. The Balaban J connectivity index is 2.00. The molecule has 1 aromatic carbocycles. The van der Waals surface area contributed by atoms with Crippen molar-refractivity contribution in [3.63, 3.8) is 0 Å². The fourth-order valence-electron chi connectivity index (χ4n) is 1.83. The first-order valence-corrected chi connectivity index (χ1v) is 6.73. The van der Waals surface area contributed by atoms with E-state index in [2.05, 4.69) is 17.9 Å². The van der Waals surface area contributed by atoms with E-state index < -0.39 is 0 Å². The number of thiol groups is 1. The van der Waals surface area contributed by atoms with Crippen molar-refractivity contribution in [3.05, 3.63) is 28.8 Å². The van der Waals surface area contributed by atoms with Crippen LogP contribution in [0.15, 0.2) is 18.2 Å². The minimum atomic E-state index is 0.0573. The number of hydrogen-bond donors (Lipinski definition) is 2. The van der Waals surface area contributed by atoms with E-state index in [-0.39, 0.29) is 11.3 Å². The third-order valence-electron chi connectivity index (χ3n) is 3.30. The lowest BCUT2D eigenvalue weighted by atomic mass is 10.0. The topological polar surface area (TPSA) is 29.1 Å². The summed E-state index contributed by atoms with van der Waals surface area (Å²) in [4.78, 5) is 11.9. The summed E-state index contributed by atoms with van der Waals surface area (Å²) < 4.78 is 0. The Morgan fingerprint density at radius 2 is 2.24 bits per heavy atom. The number of nitrogens with one attached hydrogen (secondary N) is 1. The highest BCUT2D eigenvalue weighted by Crippen LogP contribution is 2.49. The Hall–Kier alpha value is -0.670. The third kappa shape index (κ3) is 3.17. The SMILES string of the molecule is Cc1ccc(Cl)cc1NC(=O)CC1(CS)CC1. The zero-order valence-corrected chi connectivity index (χ0v) is 11.4. The molecule has 0 spiro atoms. The molecule has 92 valence electrons. The quantitative estimate of drug-likeness (QED) is 0.802. The van der Waals surface area contributed by atoms with Crippen LogP contribution in [-0.4, -0.2) is 11.7 Å². The maximum absolute atomic E-state index is 11.9. The molecule has 0 aromatic heterocycles. The van der Waals surface area contributed by atoms with Gasteiger partial charge in [-0.15, -0.1) is 0 Å². The van der Waals surface area contributed by atoms with Gasteiger partial charge in [0.15, 0.2) is 0 Å². The van der Waals surface area contributed by atoms with Gasteiger partial charge in [0.1, 0.15) is 0 Å². The van der Waals surface area contributed by atoms with E-state index in [0.29, 0.717) is 11.4 Å². The molecule has 0 atom stereocenters. The van der Waals surface area contributed by atoms with Crippen LogP contribution < -0.4 is 5.32 Å². The van der Waals surface area contributed by atoms with Gasteiger partial charge in [0.25, 0.3) is 0 Å². The summed E-state index contributed by atoms with van der Waals surface area (Å²) in [5, 5.41) is 3.56. The molecule has 0 heterocycles. The van der Waals surface area contributed by atoms with Crippen LogP contribution in [0.25, 0.3) is 0 Å². The number of rotatable bonds is 4. The van der Waals surface area contributed by atoms with E-state index >= 15 is 0 Å². The summed E-state index contributed by atoms with van der Waals surface area (Å²) in [6.45, 7) is 1.96. The minimum absolute atomic E-state index is 0.0573. The molecule has 0 radical (unpaired) electrons. The van der Waals surface area contributed by atoms with E-state index in [1.54, 1.807) is 6.07 Å². The standard InChI is InChI=1S/C13H16ClNOS/c1-9-2-3-10(14)6-11(9)15-12(16)7-13(8-17)4-5-13/h2-3,6,17H,4-5,7-8H2,1H3,(H,15,16). The molecule has 2 rings (SSSR count). The van der Waals surface area contributed by atoms with Crippen LogP contribution in [-0.2, 0) is 4.79 Å². The Labute approximate surface area is 112 Å². The average molecular weight is 270 g/mol. The van der Waals surface area contributed by atoms with Gasteiger partial charge in [-0.05, 0) is 48.6 Å². The monoisotopic (exact) mass is 269 g/mol. The number of hydrogen-bond acceptors (Lipinski definition) is 2. The van der Waals surface area contributed by atoms with Crippen molar-refractivity contribution in [1.82, 2.24) is 0 Å². The number of anilines is 1. The summed E-state index contributed by atoms with van der Waals surface area (Å²) in [7, 11) is 0. The van der Waals surface area contributed by atoms with Gasteiger partial charge in [-0.1, -0.05) is 17.7 Å². The van der Waals surface area contributed by atoms with Crippen molar-refractivity contribution in [2.24, 2.45) is 5.41 Å². The zero-order chi connectivity index (χ0) is 12.5. The Bertz CT molecular complexity index is 443. The van der Waals surface area contributed by atoms with Crippen molar-refractivity contribution in [1.29, 1.82) is 0 Å². The van der Waals surface area contributed by atoms with E-state index in [1.165, 1.54) is 0 Å². The van der Waals surface area contributed by atoms with Crippen molar-refractivity contribution in [2.45, 2.75) is 26.2 Å². The van der Waals surface area contributed by atoms with Gasteiger partial charge in [0.05, 0.1) is 0 Å². The van der Waals surface area contributed by atoms with Crippen LogP contribution in [0.3, 0.4) is 0 Å². The summed E-state index contributed by atoms with van der Waals surface area (Å²) in [6, 6.07) is 5.52. The van der Waals surface area contributed by atoms with Gasteiger partial charge in [0.2, 0.25) is 5.91 Å². The van der Waals surface area contributed by atoms with Crippen molar-refractivity contribution < 1.29 is 4.79 Å². The molecule has 1 aliphatic rings. The van der Waals surface area contributed by atoms with Crippen LogP contribution in [0.4, 0.5) is 5.69 Å². The fraction of sp³-hybridized carbons (Fsp3) is 0.462. The van der Waals surface area contributed by atoms with Crippen LogP contribution in [0.2, 0.25) is 5.02 Å². The molecule has 0 saturated heterocycles. The highest BCUT2D eigenvalue weighted by molar-refractivity contribution is 7.80. The lowest BCUT2D eigenvalue weighted by molar-refractivity contribution is -0.117. The van der Waals surface area contributed by atoms with Gasteiger partial charge in [-0.25, -0.2) is 0 Å². The first-order chi connectivity index (χ1) is 8.04. The summed E-state index contributed by atoms with van der Waals surface area (Å²) in [6.07, 6.45) is 2.78. The molecular weight excluding hydrogens is 254 g/mol. The van der Waals surface area contributed by atoms with Gasteiger partial charge in [-0.2, -0.15) is 12.6 Å². The smallest absolute Gasteiger partial charge is 0.224 e. The molecule has 0 unspecified atom stereocenters. The normalized spacial score (nSPS) is 16.6. The molecule has 1 N–H and O–H groups in total.